The minimum absolute atomic E-state index is 0.268. The number of nitrogens with one attached hydrogen (secondary N) is 1. The highest BCUT2D eigenvalue weighted by Gasteiger charge is 2.15. The zero-order chi connectivity index (χ0) is 19.5. The van der Waals surface area contributed by atoms with Crippen LogP contribution in [0.15, 0.2) is 53.3 Å². The van der Waals surface area contributed by atoms with Crippen LogP contribution in [0.3, 0.4) is 0 Å². The Morgan fingerprint density at radius 3 is 2.82 bits per heavy atom. The standard InChI is InChI=1S/C21H18N2O5/c1-13(20-22-16-5-3-2-4-15(16)21(25)23-20)28-19(24)9-7-14-6-8-17-18(12-14)27-11-10-26-17/h2-9,12-13H,10-11H2,1H3,(H,22,23,25)/b9-7+/t13-/m1/s1. The van der Waals surface area contributed by atoms with Crippen LogP contribution in [-0.2, 0) is 9.53 Å². The molecular weight excluding hydrogens is 360 g/mol. The van der Waals surface area contributed by atoms with Crippen LogP contribution in [0.5, 0.6) is 11.5 Å². The van der Waals surface area contributed by atoms with E-state index in [4.69, 9.17) is 14.2 Å². The number of rotatable bonds is 4. The van der Waals surface area contributed by atoms with Gasteiger partial charge in [0.15, 0.2) is 23.4 Å². The maximum absolute atomic E-state index is 12.2. The molecule has 1 N–H and O–H groups in total. The molecule has 1 aliphatic heterocycles. The number of para-hydroxylation sites is 1. The average molecular weight is 378 g/mol. The Hall–Kier alpha value is -3.61. The number of carbonyl (C=O) groups is 1. The molecule has 7 heteroatoms. The number of aromatic amines is 1. The maximum atomic E-state index is 12.2. The SMILES string of the molecule is C[C@@H](OC(=O)/C=C/c1ccc2c(c1)OCCO2)c1nc2ccccc2c(=O)[nH]1. The van der Waals surface area contributed by atoms with Gasteiger partial charge in [0.1, 0.15) is 13.2 Å². The van der Waals surface area contributed by atoms with Crippen molar-refractivity contribution >= 4 is 22.9 Å². The first-order valence-electron chi connectivity index (χ1n) is 8.87. The summed E-state index contributed by atoms with van der Waals surface area (Å²) in [7, 11) is 0. The summed E-state index contributed by atoms with van der Waals surface area (Å²) < 4.78 is 16.4. The van der Waals surface area contributed by atoms with Crippen molar-refractivity contribution in [1.29, 1.82) is 0 Å². The van der Waals surface area contributed by atoms with Gasteiger partial charge in [-0.3, -0.25) is 4.79 Å². The summed E-state index contributed by atoms with van der Waals surface area (Å²) in [6.45, 7) is 2.68. The molecule has 3 aromatic rings. The van der Waals surface area contributed by atoms with Gasteiger partial charge in [0.2, 0.25) is 0 Å². The lowest BCUT2D eigenvalue weighted by atomic mass is 10.2. The van der Waals surface area contributed by atoms with Gasteiger partial charge in [-0.25, -0.2) is 9.78 Å². The lowest BCUT2D eigenvalue weighted by Crippen LogP contribution is -2.16. The first-order valence-corrected chi connectivity index (χ1v) is 8.87. The molecular formula is C21H18N2O5. The summed E-state index contributed by atoms with van der Waals surface area (Å²) in [6, 6.07) is 12.4. The lowest BCUT2D eigenvalue weighted by molar-refractivity contribution is -0.142. The van der Waals surface area contributed by atoms with Gasteiger partial charge in [-0.1, -0.05) is 18.2 Å². The first-order chi connectivity index (χ1) is 13.6. The maximum Gasteiger partial charge on any atom is 0.331 e. The van der Waals surface area contributed by atoms with Gasteiger partial charge in [-0.2, -0.15) is 0 Å². The van der Waals surface area contributed by atoms with Crippen molar-refractivity contribution in [2.45, 2.75) is 13.0 Å². The van der Waals surface area contributed by atoms with E-state index in [-0.39, 0.29) is 5.56 Å². The van der Waals surface area contributed by atoms with Crippen molar-refractivity contribution in [3.8, 4) is 11.5 Å². The minimum atomic E-state index is -0.699. The molecule has 2 aromatic carbocycles. The molecule has 7 nitrogen and oxygen atoms in total. The summed E-state index contributed by atoms with van der Waals surface area (Å²) in [6.07, 6.45) is 2.25. The van der Waals surface area contributed by atoms with Crippen molar-refractivity contribution < 1.29 is 19.0 Å². The fourth-order valence-corrected chi connectivity index (χ4v) is 2.89. The van der Waals surface area contributed by atoms with E-state index in [1.54, 1.807) is 49.4 Å². The Morgan fingerprint density at radius 1 is 1.18 bits per heavy atom. The molecule has 142 valence electrons. The van der Waals surface area contributed by atoms with Gasteiger partial charge in [-0.15, -0.1) is 0 Å². The second-order valence-corrected chi connectivity index (χ2v) is 6.28. The van der Waals surface area contributed by atoms with Crippen LogP contribution in [0.2, 0.25) is 0 Å². The number of H-pyrrole nitrogens is 1. The van der Waals surface area contributed by atoms with Gasteiger partial charge in [0.05, 0.1) is 10.9 Å². The molecule has 0 saturated carbocycles. The highest BCUT2D eigenvalue weighted by molar-refractivity contribution is 5.87. The fraction of sp³-hybridized carbons (Fsp3) is 0.190. The number of aromatic nitrogens is 2. The highest BCUT2D eigenvalue weighted by Crippen LogP contribution is 2.31. The van der Waals surface area contributed by atoms with E-state index in [9.17, 15) is 9.59 Å². The number of hydrogen-bond acceptors (Lipinski definition) is 6. The van der Waals surface area contributed by atoms with Gasteiger partial charge in [-0.05, 0) is 42.8 Å². The van der Waals surface area contributed by atoms with E-state index in [0.29, 0.717) is 41.4 Å². The van der Waals surface area contributed by atoms with Gasteiger partial charge < -0.3 is 19.2 Å². The second-order valence-electron chi connectivity index (χ2n) is 6.28. The summed E-state index contributed by atoms with van der Waals surface area (Å²) in [5.74, 6) is 1.09. The van der Waals surface area contributed by atoms with Crippen LogP contribution in [0, 0.1) is 0 Å². The second kappa shape index (κ2) is 7.56. The summed E-state index contributed by atoms with van der Waals surface area (Å²) in [5.41, 5.74) is 1.07. The highest BCUT2D eigenvalue weighted by atomic mass is 16.6. The van der Waals surface area contributed by atoms with E-state index in [2.05, 4.69) is 9.97 Å². The third-order valence-electron chi connectivity index (χ3n) is 4.29. The first kappa shape index (κ1) is 17.8. The normalized spacial score (nSPS) is 14.2. The van der Waals surface area contributed by atoms with Gasteiger partial charge >= 0.3 is 5.97 Å². The number of fused-ring (bicyclic) bond motifs is 2. The van der Waals surface area contributed by atoms with Crippen LogP contribution < -0.4 is 15.0 Å². The summed E-state index contributed by atoms with van der Waals surface area (Å²) in [4.78, 5) is 31.3. The van der Waals surface area contributed by atoms with E-state index >= 15 is 0 Å². The third kappa shape index (κ3) is 3.73. The van der Waals surface area contributed by atoms with Crippen LogP contribution >= 0.6 is 0 Å². The third-order valence-corrected chi connectivity index (χ3v) is 4.29. The molecule has 0 unspecified atom stereocenters. The van der Waals surface area contributed by atoms with Gasteiger partial charge in [0.25, 0.3) is 5.56 Å². The molecule has 0 aliphatic carbocycles. The zero-order valence-electron chi connectivity index (χ0n) is 15.2. The van der Waals surface area contributed by atoms with E-state index in [1.807, 2.05) is 6.07 Å². The Labute approximate surface area is 160 Å². The smallest absolute Gasteiger partial charge is 0.331 e. The molecule has 0 radical (unpaired) electrons. The molecule has 0 spiro atoms. The molecule has 4 rings (SSSR count). The quantitative estimate of drug-likeness (QED) is 0.554. The van der Waals surface area contributed by atoms with Crippen molar-refractivity contribution in [2.75, 3.05) is 13.2 Å². The molecule has 1 aliphatic rings. The van der Waals surface area contributed by atoms with Crippen molar-refractivity contribution in [2.24, 2.45) is 0 Å². The van der Waals surface area contributed by atoms with Crippen LogP contribution in [0.4, 0.5) is 0 Å². The number of nitrogens with zero attached hydrogens (tertiary/aromatic N) is 1. The molecule has 0 fully saturated rings. The average Bonchev–Trinajstić information content (AvgIpc) is 2.72. The van der Waals surface area contributed by atoms with Crippen LogP contribution in [0.25, 0.3) is 17.0 Å². The van der Waals surface area contributed by atoms with Crippen molar-refractivity contribution in [3.63, 3.8) is 0 Å². The summed E-state index contributed by atoms with van der Waals surface area (Å²) >= 11 is 0. The molecule has 28 heavy (non-hydrogen) atoms. The Balaban J connectivity index is 1.46. The van der Waals surface area contributed by atoms with Crippen LogP contribution in [0.1, 0.15) is 24.4 Å². The number of carbonyl (C=O) groups excluding carboxylic acids is 1. The van der Waals surface area contributed by atoms with Crippen molar-refractivity contribution in [3.05, 3.63) is 70.3 Å². The molecule has 0 bridgehead atoms. The molecule has 1 atom stereocenters. The predicted octanol–water partition coefficient (Wildman–Crippen LogP) is 3.01. The number of ether oxygens (including phenoxy) is 3. The monoisotopic (exact) mass is 378 g/mol. The topological polar surface area (TPSA) is 90.5 Å². The fourth-order valence-electron chi connectivity index (χ4n) is 2.89. The Bertz CT molecular complexity index is 1120. The minimum Gasteiger partial charge on any atom is -0.486 e. The number of esters is 1. The van der Waals surface area contributed by atoms with Gasteiger partial charge in [0, 0.05) is 6.08 Å². The number of benzene rings is 2. The predicted molar refractivity (Wildman–Crippen MR) is 103 cm³/mol. The van der Waals surface area contributed by atoms with Crippen molar-refractivity contribution in [1.82, 2.24) is 9.97 Å². The molecule has 2 heterocycles. The van der Waals surface area contributed by atoms with E-state index in [0.717, 1.165) is 5.56 Å². The lowest BCUT2D eigenvalue weighted by Gasteiger charge is -2.18. The Morgan fingerprint density at radius 2 is 1.96 bits per heavy atom. The van der Waals surface area contributed by atoms with E-state index in [1.165, 1.54) is 6.08 Å². The molecule has 0 amide bonds. The summed E-state index contributed by atoms with van der Waals surface area (Å²) in [5, 5.41) is 0.489. The molecule has 1 aromatic heterocycles. The zero-order valence-corrected chi connectivity index (χ0v) is 15.2. The largest absolute Gasteiger partial charge is 0.486 e. The van der Waals surface area contributed by atoms with Crippen LogP contribution in [-0.4, -0.2) is 29.2 Å². The van der Waals surface area contributed by atoms with E-state index < -0.39 is 12.1 Å². The molecule has 0 saturated heterocycles. The number of hydrogen-bond donors (Lipinski definition) is 1. The Kier molecular flexibility index (Phi) is 4.80.